The van der Waals surface area contributed by atoms with E-state index >= 15 is 0 Å². The van der Waals surface area contributed by atoms with Gasteiger partial charge in [0.2, 0.25) is 0 Å². The van der Waals surface area contributed by atoms with Crippen LogP contribution >= 0.6 is 0 Å². The van der Waals surface area contributed by atoms with Crippen molar-refractivity contribution in [3.63, 3.8) is 0 Å². The van der Waals surface area contributed by atoms with Crippen molar-refractivity contribution < 1.29 is 9.59 Å². The minimum absolute atomic E-state index is 0.141. The molecular weight excluding hydrogens is 274 g/mol. The number of imide groups is 1. The molecule has 0 N–H and O–H groups in total. The first-order chi connectivity index (χ1) is 10.8. The summed E-state index contributed by atoms with van der Waals surface area (Å²) < 4.78 is 0. The van der Waals surface area contributed by atoms with Crippen molar-refractivity contribution in [2.45, 2.75) is 18.8 Å². The summed E-state index contributed by atoms with van der Waals surface area (Å²) in [6, 6.07) is 17.6. The lowest BCUT2D eigenvalue weighted by Gasteiger charge is -2.13. The zero-order valence-electron chi connectivity index (χ0n) is 12.2. The fourth-order valence-electron chi connectivity index (χ4n) is 3.41. The van der Waals surface area contributed by atoms with Gasteiger partial charge in [0, 0.05) is 6.54 Å². The van der Waals surface area contributed by atoms with Gasteiger partial charge in [-0.05, 0) is 42.4 Å². The molecule has 2 aromatic rings. The monoisotopic (exact) mass is 291 g/mol. The molecule has 3 nitrogen and oxygen atoms in total. The molecule has 4 rings (SSSR count). The van der Waals surface area contributed by atoms with Gasteiger partial charge in [0.05, 0.1) is 11.1 Å². The molecule has 0 aromatic heterocycles. The number of hydrogen-bond donors (Lipinski definition) is 0. The maximum absolute atomic E-state index is 12.3. The number of amides is 2. The first-order valence-corrected chi connectivity index (χ1v) is 7.76. The molecule has 0 bridgehead atoms. The predicted molar refractivity (Wildman–Crippen MR) is 83.7 cm³/mol. The molecule has 2 atom stereocenters. The molecule has 1 heterocycles. The second-order valence-corrected chi connectivity index (χ2v) is 6.11. The summed E-state index contributed by atoms with van der Waals surface area (Å²) in [5.41, 5.74) is 2.46. The zero-order valence-corrected chi connectivity index (χ0v) is 12.2. The van der Waals surface area contributed by atoms with Crippen LogP contribution in [-0.2, 0) is 0 Å². The fourth-order valence-corrected chi connectivity index (χ4v) is 3.41. The van der Waals surface area contributed by atoms with E-state index < -0.39 is 0 Å². The summed E-state index contributed by atoms with van der Waals surface area (Å²) in [6.07, 6.45) is 2.05. The second-order valence-electron chi connectivity index (χ2n) is 6.11. The van der Waals surface area contributed by atoms with E-state index in [9.17, 15) is 9.59 Å². The van der Waals surface area contributed by atoms with Crippen molar-refractivity contribution in [3.8, 4) is 0 Å². The molecule has 1 aliphatic heterocycles. The highest BCUT2D eigenvalue weighted by Crippen LogP contribution is 2.49. The largest absolute Gasteiger partial charge is 0.274 e. The molecule has 3 heteroatoms. The van der Waals surface area contributed by atoms with Gasteiger partial charge >= 0.3 is 0 Å². The number of carbonyl (C=O) groups is 2. The molecule has 2 amide bonds. The van der Waals surface area contributed by atoms with Crippen LogP contribution in [0.1, 0.15) is 45.0 Å². The Bertz CT molecular complexity index is 703. The van der Waals surface area contributed by atoms with Crippen LogP contribution in [0.3, 0.4) is 0 Å². The summed E-state index contributed by atoms with van der Waals surface area (Å²) in [7, 11) is 0. The number of nitrogens with zero attached hydrogens (tertiary/aromatic N) is 1. The third-order valence-corrected chi connectivity index (χ3v) is 4.75. The molecule has 110 valence electrons. The smallest absolute Gasteiger partial charge is 0.261 e. The van der Waals surface area contributed by atoms with Crippen LogP contribution in [0.4, 0.5) is 0 Å². The van der Waals surface area contributed by atoms with Gasteiger partial charge in [0.1, 0.15) is 0 Å². The third-order valence-electron chi connectivity index (χ3n) is 4.75. The van der Waals surface area contributed by atoms with Crippen LogP contribution in [0, 0.1) is 5.92 Å². The Morgan fingerprint density at radius 3 is 2.09 bits per heavy atom. The van der Waals surface area contributed by atoms with Gasteiger partial charge in [0.25, 0.3) is 11.8 Å². The van der Waals surface area contributed by atoms with Crippen molar-refractivity contribution in [3.05, 3.63) is 71.3 Å². The minimum atomic E-state index is -0.141. The lowest BCUT2D eigenvalue weighted by atomic mass is 10.1. The molecule has 0 radical (unpaired) electrons. The van der Waals surface area contributed by atoms with Crippen molar-refractivity contribution in [2.75, 3.05) is 6.54 Å². The molecular formula is C19H17NO2. The zero-order chi connectivity index (χ0) is 15.1. The van der Waals surface area contributed by atoms with Gasteiger partial charge in [-0.2, -0.15) is 0 Å². The van der Waals surface area contributed by atoms with E-state index in [0.717, 1.165) is 12.8 Å². The van der Waals surface area contributed by atoms with Crippen LogP contribution < -0.4 is 0 Å². The quantitative estimate of drug-likeness (QED) is 0.809. The van der Waals surface area contributed by atoms with E-state index in [2.05, 4.69) is 24.3 Å². The Hall–Kier alpha value is -2.42. The molecule has 1 saturated carbocycles. The topological polar surface area (TPSA) is 37.4 Å². The SMILES string of the molecule is O=C1c2ccccc2C(=O)N1CCC1CC1c1ccccc1. The average molecular weight is 291 g/mol. The van der Waals surface area contributed by atoms with Crippen LogP contribution in [0.25, 0.3) is 0 Å². The predicted octanol–water partition coefficient (Wildman–Crippen LogP) is 3.48. The first-order valence-electron chi connectivity index (χ1n) is 7.76. The summed E-state index contributed by atoms with van der Waals surface area (Å²) in [6.45, 7) is 0.528. The van der Waals surface area contributed by atoms with E-state index in [0.29, 0.717) is 29.5 Å². The number of rotatable bonds is 4. The molecule has 0 saturated heterocycles. The molecule has 2 unspecified atom stereocenters. The van der Waals surface area contributed by atoms with Crippen LogP contribution in [0.2, 0.25) is 0 Å². The van der Waals surface area contributed by atoms with E-state index in [1.807, 2.05) is 6.07 Å². The minimum Gasteiger partial charge on any atom is -0.274 e. The van der Waals surface area contributed by atoms with Gasteiger partial charge in [-0.25, -0.2) is 0 Å². The Morgan fingerprint density at radius 1 is 0.864 bits per heavy atom. The van der Waals surface area contributed by atoms with Gasteiger partial charge in [-0.15, -0.1) is 0 Å². The van der Waals surface area contributed by atoms with Crippen LogP contribution in [0.5, 0.6) is 0 Å². The summed E-state index contributed by atoms with van der Waals surface area (Å²) in [5.74, 6) is 0.901. The first kappa shape index (κ1) is 13.3. The Balaban J connectivity index is 1.40. The van der Waals surface area contributed by atoms with Gasteiger partial charge in [-0.3, -0.25) is 14.5 Å². The summed E-state index contributed by atoms with van der Waals surface area (Å²) >= 11 is 0. The van der Waals surface area contributed by atoms with Crippen molar-refractivity contribution in [1.29, 1.82) is 0 Å². The van der Waals surface area contributed by atoms with E-state index in [-0.39, 0.29) is 11.8 Å². The highest BCUT2D eigenvalue weighted by molar-refractivity contribution is 6.21. The Morgan fingerprint density at radius 2 is 1.45 bits per heavy atom. The number of fused-ring (bicyclic) bond motifs is 1. The van der Waals surface area contributed by atoms with Crippen LogP contribution in [0.15, 0.2) is 54.6 Å². The van der Waals surface area contributed by atoms with E-state index in [1.165, 1.54) is 10.5 Å². The Kier molecular flexibility index (Phi) is 3.07. The van der Waals surface area contributed by atoms with Crippen molar-refractivity contribution >= 4 is 11.8 Å². The standard InChI is InChI=1S/C19H17NO2/c21-18-15-8-4-5-9-16(15)19(22)20(18)11-10-14-12-17(14)13-6-2-1-3-7-13/h1-9,14,17H,10-12H2. The lowest BCUT2D eigenvalue weighted by molar-refractivity contribution is 0.0650. The van der Waals surface area contributed by atoms with Gasteiger partial charge in [0.15, 0.2) is 0 Å². The van der Waals surface area contributed by atoms with E-state index in [1.54, 1.807) is 24.3 Å². The van der Waals surface area contributed by atoms with Crippen molar-refractivity contribution in [2.24, 2.45) is 5.92 Å². The maximum atomic E-state index is 12.3. The van der Waals surface area contributed by atoms with Crippen molar-refractivity contribution in [1.82, 2.24) is 4.90 Å². The molecule has 0 spiro atoms. The Labute approximate surface area is 129 Å². The number of benzene rings is 2. The molecule has 22 heavy (non-hydrogen) atoms. The van der Waals surface area contributed by atoms with Gasteiger partial charge in [-0.1, -0.05) is 42.5 Å². The molecule has 2 aliphatic rings. The fraction of sp³-hybridized carbons (Fsp3) is 0.263. The summed E-state index contributed by atoms with van der Waals surface area (Å²) in [5, 5.41) is 0. The maximum Gasteiger partial charge on any atom is 0.261 e. The lowest BCUT2D eigenvalue weighted by Crippen LogP contribution is -2.31. The molecule has 1 aliphatic carbocycles. The van der Waals surface area contributed by atoms with E-state index in [4.69, 9.17) is 0 Å². The molecule has 2 aromatic carbocycles. The van der Waals surface area contributed by atoms with Crippen LogP contribution in [-0.4, -0.2) is 23.3 Å². The van der Waals surface area contributed by atoms with Gasteiger partial charge < -0.3 is 0 Å². The summed E-state index contributed by atoms with van der Waals surface area (Å²) in [4.78, 5) is 26.0. The highest BCUT2D eigenvalue weighted by Gasteiger charge is 2.40. The highest BCUT2D eigenvalue weighted by atomic mass is 16.2. The normalized spacial score (nSPS) is 22.8. The second kappa shape index (κ2) is 5.09. The molecule has 1 fully saturated rings. The third kappa shape index (κ3) is 2.13. The average Bonchev–Trinajstić information content (AvgIpc) is 3.30. The number of hydrogen-bond acceptors (Lipinski definition) is 2. The number of carbonyl (C=O) groups excluding carboxylic acids is 2.